The average molecular weight is 350 g/mol. The summed E-state index contributed by atoms with van der Waals surface area (Å²) in [5, 5.41) is 31.2. The molecule has 5 heteroatoms. The molecule has 0 saturated heterocycles. The number of hydrogen-bond donors (Lipinski definition) is 3. The van der Waals surface area contributed by atoms with Crippen molar-refractivity contribution in [1.82, 2.24) is 0 Å². The molecule has 3 aliphatic rings. The average Bonchev–Trinajstić information content (AvgIpc) is 3.01. The number of aliphatic hydroxyl groups is 3. The van der Waals surface area contributed by atoms with Crippen LogP contribution in [0.4, 0.5) is 0 Å². The van der Waals surface area contributed by atoms with Gasteiger partial charge in [-0.1, -0.05) is 26.0 Å². The monoisotopic (exact) mass is 350 g/mol. The van der Waals surface area contributed by atoms with Gasteiger partial charge in [-0.3, -0.25) is 0 Å². The van der Waals surface area contributed by atoms with E-state index in [4.69, 9.17) is 4.74 Å². The minimum atomic E-state index is -0.862. The Labute approximate surface area is 149 Å². The second-order valence-corrected chi connectivity index (χ2v) is 8.54. The molecule has 0 bridgehead atoms. The largest absolute Gasteiger partial charge is 0.458 e. The number of cyclic esters (lactones) is 1. The molecule has 2 fully saturated rings. The number of carbonyl (C=O) groups excluding carboxylic acids is 1. The first kappa shape index (κ1) is 18.6. The lowest BCUT2D eigenvalue weighted by Gasteiger charge is -2.60. The second-order valence-electron chi connectivity index (χ2n) is 8.54. The van der Waals surface area contributed by atoms with Gasteiger partial charge in [0.15, 0.2) is 0 Å². The highest BCUT2D eigenvalue weighted by molar-refractivity contribution is 5.91. The quantitative estimate of drug-likeness (QED) is 0.533. The van der Waals surface area contributed by atoms with Gasteiger partial charge in [0.1, 0.15) is 6.61 Å². The summed E-state index contributed by atoms with van der Waals surface area (Å²) in [6.45, 7) is 8.60. The zero-order valence-electron chi connectivity index (χ0n) is 15.2. The van der Waals surface area contributed by atoms with E-state index >= 15 is 0 Å². The van der Waals surface area contributed by atoms with Gasteiger partial charge in [-0.25, -0.2) is 4.79 Å². The number of fused-ring (bicyclic) bond motifs is 1. The van der Waals surface area contributed by atoms with Crippen LogP contribution < -0.4 is 0 Å². The molecule has 0 aromatic carbocycles. The van der Waals surface area contributed by atoms with Crippen molar-refractivity contribution in [3.8, 4) is 0 Å². The van der Waals surface area contributed by atoms with E-state index in [-0.39, 0.29) is 30.5 Å². The van der Waals surface area contributed by atoms with Crippen LogP contribution in [-0.2, 0) is 9.53 Å². The summed E-state index contributed by atoms with van der Waals surface area (Å²) >= 11 is 0. The molecule has 25 heavy (non-hydrogen) atoms. The Morgan fingerprint density at radius 1 is 1.40 bits per heavy atom. The number of aliphatic hydroxyl groups excluding tert-OH is 3. The molecule has 0 aromatic heterocycles. The topological polar surface area (TPSA) is 87.0 Å². The number of esters is 1. The van der Waals surface area contributed by atoms with Gasteiger partial charge in [0.05, 0.1) is 24.4 Å². The molecule has 1 aliphatic heterocycles. The number of carbonyl (C=O) groups is 1. The summed E-state index contributed by atoms with van der Waals surface area (Å²) in [4.78, 5) is 11.8. The first-order valence-electron chi connectivity index (χ1n) is 9.26. The fourth-order valence-corrected chi connectivity index (χ4v) is 5.63. The third kappa shape index (κ3) is 2.86. The molecular weight excluding hydrogens is 320 g/mol. The van der Waals surface area contributed by atoms with Crippen molar-refractivity contribution < 1.29 is 24.9 Å². The first-order valence-corrected chi connectivity index (χ1v) is 9.26. The van der Waals surface area contributed by atoms with Crippen LogP contribution >= 0.6 is 0 Å². The van der Waals surface area contributed by atoms with Crippen LogP contribution in [0.1, 0.15) is 46.0 Å². The van der Waals surface area contributed by atoms with Gasteiger partial charge in [0, 0.05) is 5.41 Å². The van der Waals surface area contributed by atoms with E-state index in [1.54, 1.807) is 6.08 Å². The van der Waals surface area contributed by atoms with Crippen molar-refractivity contribution in [2.45, 2.75) is 58.2 Å². The highest BCUT2D eigenvalue weighted by Gasteiger charge is 2.57. The van der Waals surface area contributed by atoms with Crippen LogP contribution in [0.2, 0.25) is 0 Å². The zero-order chi connectivity index (χ0) is 18.4. The molecule has 0 radical (unpaired) electrons. The van der Waals surface area contributed by atoms with Gasteiger partial charge < -0.3 is 20.1 Å². The van der Waals surface area contributed by atoms with Gasteiger partial charge >= 0.3 is 5.97 Å². The molecule has 3 rings (SSSR count). The summed E-state index contributed by atoms with van der Waals surface area (Å²) < 4.78 is 4.92. The molecule has 2 unspecified atom stereocenters. The Morgan fingerprint density at radius 2 is 2.12 bits per heavy atom. The molecule has 6 atom stereocenters. The molecule has 1 heterocycles. The minimum Gasteiger partial charge on any atom is -0.458 e. The van der Waals surface area contributed by atoms with E-state index in [1.165, 1.54) is 0 Å². The van der Waals surface area contributed by atoms with E-state index in [0.717, 1.165) is 24.8 Å². The van der Waals surface area contributed by atoms with E-state index in [9.17, 15) is 20.1 Å². The summed E-state index contributed by atoms with van der Waals surface area (Å²) in [6, 6.07) is 0. The second kappa shape index (κ2) is 6.53. The van der Waals surface area contributed by atoms with E-state index in [1.807, 2.05) is 6.92 Å². The summed E-state index contributed by atoms with van der Waals surface area (Å²) in [6.07, 6.45) is 3.89. The van der Waals surface area contributed by atoms with Crippen LogP contribution in [0.5, 0.6) is 0 Å². The number of allylic oxidation sites excluding steroid dienone is 1. The van der Waals surface area contributed by atoms with Crippen LogP contribution in [0, 0.1) is 22.7 Å². The molecular formula is C20H30O5. The Bertz CT molecular complexity index is 597. The zero-order valence-corrected chi connectivity index (χ0v) is 15.2. The fourth-order valence-electron chi connectivity index (χ4n) is 5.63. The van der Waals surface area contributed by atoms with E-state index in [0.29, 0.717) is 18.4 Å². The predicted octanol–water partition coefficient (Wildman–Crippen LogP) is 1.96. The van der Waals surface area contributed by atoms with Crippen molar-refractivity contribution in [2.24, 2.45) is 22.7 Å². The van der Waals surface area contributed by atoms with Gasteiger partial charge in [-0.05, 0) is 55.4 Å². The molecule has 0 aromatic rings. The Kier molecular flexibility index (Phi) is 4.86. The Morgan fingerprint density at radius 3 is 2.72 bits per heavy atom. The maximum absolute atomic E-state index is 11.8. The Balaban J connectivity index is 1.88. The third-order valence-electron chi connectivity index (χ3n) is 7.26. The van der Waals surface area contributed by atoms with Crippen LogP contribution in [0.15, 0.2) is 23.8 Å². The SMILES string of the molecule is C=C1CCC2[C@](C)(CO)[C@H](O)CC[C@@]2(C)[C@@H]1CC(O)C1=CCOC1=O. The van der Waals surface area contributed by atoms with Crippen molar-refractivity contribution in [3.05, 3.63) is 23.8 Å². The van der Waals surface area contributed by atoms with Crippen molar-refractivity contribution in [3.63, 3.8) is 0 Å². The van der Waals surface area contributed by atoms with Gasteiger partial charge in [0.25, 0.3) is 0 Å². The summed E-state index contributed by atoms with van der Waals surface area (Å²) in [5.41, 5.74) is 0.749. The highest BCUT2D eigenvalue weighted by Crippen LogP contribution is 2.61. The Hall–Kier alpha value is -1.17. The van der Waals surface area contributed by atoms with Gasteiger partial charge in [-0.15, -0.1) is 0 Å². The minimum absolute atomic E-state index is 0.0480. The van der Waals surface area contributed by atoms with E-state index < -0.39 is 23.6 Å². The lowest BCUT2D eigenvalue weighted by atomic mass is 9.46. The van der Waals surface area contributed by atoms with Gasteiger partial charge in [0.2, 0.25) is 0 Å². The lowest BCUT2D eigenvalue weighted by molar-refractivity contribution is -0.154. The molecule has 0 spiro atoms. The number of ether oxygens (including phenoxy) is 1. The van der Waals surface area contributed by atoms with E-state index in [2.05, 4.69) is 13.5 Å². The first-order chi connectivity index (χ1) is 11.7. The molecule has 3 N–H and O–H groups in total. The van der Waals surface area contributed by atoms with Crippen molar-refractivity contribution in [2.75, 3.05) is 13.2 Å². The van der Waals surface area contributed by atoms with Crippen LogP contribution in [0.25, 0.3) is 0 Å². The number of hydrogen-bond acceptors (Lipinski definition) is 5. The predicted molar refractivity (Wildman–Crippen MR) is 93.6 cm³/mol. The standard InChI is InChI=1S/C20H30O5/c1-12-4-5-16-19(2,8-6-17(23)20(16,3)11-21)14(12)10-15(22)13-7-9-25-18(13)24/h7,14-17,21-23H,1,4-6,8-11H2,2-3H3/t14-,15?,16?,17-,19+,20+/m1/s1. The van der Waals surface area contributed by atoms with Crippen LogP contribution in [0.3, 0.4) is 0 Å². The van der Waals surface area contributed by atoms with Gasteiger partial charge in [-0.2, -0.15) is 0 Å². The molecule has 2 aliphatic carbocycles. The maximum atomic E-state index is 11.8. The molecule has 5 nitrogen and oxygen atoms in total. The summed E-state index contributed by atoms with van der Waals surface area (Å²) in [7, 11) is 0. The van der Waals surface area contributed by atoms with Crippen molar-refractivity contribution in [1.29, 1.82) is 0 Å². The highest BCUT2D eigenvalue weighted by atomic mass is 16.5. The number of rotatable bonds is 4. The smallest absolute Gasteiger partial charge is 0.336 e. The molecule has 140 valence electrons. The fraction of sp³-hybridized carbons (Fsp3) is 0.750. The summed E-state index contributed by atoms with van der Waals surface area (Å²) in [5.74, 6) is -0.232. The third-order valence-corrected chi connectivity index (χ3v) is 7.26. The van der Waals surface area contributed by atoms with Crippen LogP contribution in [-0.4, -0.2) is 46.7 Å². The normalized spacial score (nSPS) is 42.6. The van der Waals surface area contributed by atoms with Crippen molar-refractivity contribution >= 4 is 5.97 Å². The molecule has 0 amide bonds. The maximum Gasteiger partial charge on any atom is 0.336 e. The lowest BCUT2D eigenvalue weighted by Crippen LogP contribution is -2.57. The molecule has 2 saturated carbocycles.